The molecule has 0 aliphatic rings. The predicted octanol–water partition coefficient (Wildman–Crippen LogP) is 10.3. The molecule has 7 heteroatoms. The molecule has 0 bridgehead atoms. The Hall–Kier alpha value is -6.31. The summed E-state index contributed by atoms with van der Waals surface area (Å²) >= 11 is 1.77. The molecular weight excluding hydrogens is 609 g/mol. The second-order valence-electron chi connectivity index (χ2n) is 11.7. The van der Waals surface area contributed by atoms with Gasteiger partial charge in [0.2, 0.25) is 5.95 Å². The summed E-state index contributed by atoms with van der Waals surface area (Å²) in [4.78, 5) is 25.1. The highest BCUT2D eigenvalue weighted by Gasteiger charge is 2.22. The fourth-order valence-electron chi connectivity index (χ4n) is 6.66. The quantitative estimate of drug-likeness (QED) is 0.193. The van der Waals surface area contributed by atoms with E-state index in [1.807, 2.05) is 85.1 Å². The van der Waals surface area contributed by atoms with Crippen LogP contribution in [0, 0.1) is 0 Å². The highest BCUT2D eigenvalue weighted by molar-refractivity contribution is 7.27. The zero-order valence-corrected chi connectivity index (χ0v) is 26.3. The van der Waals surface area contributed by atoms with Gasteiger partial charge >= 0.3 is 0 Å². The number of rotatable bonds is 4. The van der Waals surface area contributed by atoms with Gasteiger partial charge in [-0.1, -0.05) is 133 Å². The number of para-hydroxylation sites is 1. The molecule has 6 aromatic carbocycles. The minimum absolute atomic E-state index is 0.581. The first-order valence-corrected chi connectivity index (χ1v) is 16.6. The van der Waals surface area contributed by atoms with E-state index in [1.54, 1.807) is 11.3 Å². The maximum absolute atomic E-state index is 5.15. The Morgan fingerprint density at radius 2 is 1.00 bits per heavy atom. The second kappa shape index (κ2) is 10.6. The fourth-order valence-corrected chi connectivity index (χ4v) is 8.00. The number of thiophene rings is 1. The molecule has 4 aromatic heterocycles. The lowest BCUT2D eigenvalue weighted by molar-refractivity contribution is 0.955. The largest absolute Gasteiger partial charge is 0.276 e. The highest BCUT2D eigenvalue weighted by Crippen LogP contribution is 2.44. The minimum Gasteiger partial charge on any atom is -0.276 e. The molecule has 224 valence electrons. The zero-order valence-electron chi connectivity index (χ0n) is 25.4. The summed E-state index contributed by atoms with van der Waals surface area (Å²) in [6, 6.07) is 47.7. The molecule has 0 unspecified atom stereocenters. The van der Waals surface area contributed by atoms with Gasteiger partial charge in [0.25, 0.3) is 0 Å². The van der Waals surface area contributed by atoms with Gasteiger partial charge in [0.1, 0.15) is 0 Å². The van der Waals surface area contributed by atoms with Crippen LogP contribution in [0.2, 0.25) is 0 Å². The molecular formula is C41H24N6S. The highest BCUT2D eigenvalue weighted by atomic mass is 32.1. The van der Waals surface area contributed by atoms with E-state index in [0.29, 0.717) is 17.6 Å². The first-order chi connectivity index (χ1) is 23.8. The van der Waals surface area contributed by atoms with Gasteiger partial charge in [-0.3, -0.25) is 4.57 Å². The number of nitrogens with zero attached hydrogens (tertiary/aromatic N) is 6. The van der Waals surface area contributed by atoms with Crippen molar-refractivity contribution in [2.24, 2.45) is 0 Å². The molecule has 0 saturated heterocycles. The molecule has 6 nitrogen and oxygen atoms in total. The molecule has 10 rings (SSSR count). The second-order valence-corrected chi connectivity index (χ2v) is 12.8. The van der Waals surface area contributed by atoms with Crippen molar-refractivity contribution in [3.63, 3.8) is 0 Å². The van der Waals surface area contributed by atoms with Crippen molar-refractivity contribution in [2.75, 3.05) is 0 Å². The summed E-state index contributed by atoms with van der Waals surface area (Å²) in [5.41, 5.74) is 5.94. The lowest BCUT2D eigenvalue weighted by Gasteiger charge is -2.11. The number of hydrogen-bond acceptors (Lipinski definition) is 6. The Balaban J connectivity index is 1.31. The fraction of sp³-hybridized carbons (Fsp3) is 0. The van der Waals surface area contributed by atoms with E-state index in [2.05, 4.69) is 65.2 Å². The van der Waals surface area contributed by atoms with Crippen molar-refractivity contribution in [1.29, 1.82) is 0 Å². The van der Waals surface area contributed by atoms with E-state index in [1.165, 1.54) is 10.8 Å². The third kappa shape index (κ3) is 4.15. The van der Waals surface area contributed by atoms with Crippen molar-refractivity contribution >= 4 is 64.2 Å². The standard InChI is InChI=1S/C41H24N6S/c1-4-12-25(13-5-1)38-42-24-28-20-21-31-32-23-22-30-29-18-10-11-19-33(29)47(35(30)37(32)48-36(31)34(28)43-38)41-45-39(26-14-6-2-7-15-26)44-40(46-41)27-16-8-3-9-17-27/h1-24H. The van der Waals surface area contributed by atoms with Crippen LogP contribution in [0.15, 0.2) is 146 Å². The smallest absolute Gasteiger partial charge is 0.238 e. The van der Waals surface area contributed by atoms with Gasteiger partial charge in [-0.15, -0.1) is 11.3 Å². The van der Waals surface area contributed by atoms with Crippen LogP contribution in [0.4, 0.5) is 0 Å². The summed E-state index contributed by atoms with van der Waals surface area (Å²) in [7, 11) is 0. The topological polar surface area (TPSA) is 69.4 Å². The molecule has 0 N–H and O–H groups in total. The van der Waals surface area contributed by atoms with Crippen LogP contribution in [0.25, 0.3) is 93.0 Å². The van der Waals surface area contributed by atoms with E-state index in [4.69, 9.17) is 24.9 Å². The molecule has 0 radical (unpaired) electrons. The van der Waals surface area contributed by atoms with Crippen molar-refractivity contribution < 1.29 is 0 Å². The lowest BCUT2D eigenvalue weighted by atomic mass is 10.1. The van der Waals surface area contributed by atoms with Crippen LogP contribution < -0.4 is 0 Å². The van der Waals surface area contributed by atoms with Crippen LogP contribution in [0.1, 0.15) is 0 Å². The summed E-state index contributed by atoms with van der Waals surface area (Å²) in [5.74, 6) is 2.56. The third-order valence-electron chi connectivity index (χ3n) is 8.91. The number of fused-ring (bicyclic) bond motifs is 9. The van der Waals surface area contributed by atoms with E-state index >= 15 is 0 Å². The molecule has 0 saturated carbocycles. The maximum Gasteiger partial charge on any atom is 0.238 e. The first kappa shape index (κ1) is 26.9. The summed E-state index contributed by atoms with van der Waals surface area (Å²) in [6.07, 6.45) is 1.93. The SMILES string of the molecule is c1ccc(-c2nc(-c3ccccc3)nc(-n3c4ccccc4c4ccc5c6ccc7cnc(-c8ccccc8)nc7c6sc5c43)n2)cc1. The number of hydrogen-bond donors (Lipinski definition) is 0. The zero-order chi connectivity index (χ0) is 31.6. The predicted molar refractivity (Wildman–Crippen MR) is 196 cm³/mol. The van der Waals surface area contributed by atoms with Crippen LogP contribution in [-0.2, 0) is 0 Å². The summed E-state index contributed by atoms with van der Waals surface area (Å²) in [6.45, 7) is 0. The Labute approximate surface area is 278 Å². The molecule has 0 aliphatic carbocycles. The summed E-state index contributed by atoms with van der Waals surface area (Å²) in [5, 5.41) is 5.66. The normalized spacial score (nSPS) is 11.8. The van der Waals surface area contributed by atoms with Crippen LogP contribution >= 0.6 is 11.3 Å². The monoisotopic (exact) mass is 632 g/mol. The minimum atomic E-state index is 0.581. The van der Waals surface area contributed by atoms with E-state index in [9.17, 15) is 0 Å². The number of aromatic nitrogens is 6. The average molecular weight is 633 g/mol. The van der Waals surface area contributed by atoms with Crippen LogP contribution in [-0.4, -0.2) is 29.5 Å². The van der Waals surface area contributed by atoms with Crippen molar-refractivity contribution in [2.45, 2.75) is 0 Å². The van der Waals surface area contributed by atoms with Gasteiger partial charge in [-0.2, -0.15) is 9.97 Å². The Bertz CT molecular complexity index is 2770. The van der Waals surface area contributed by atoms with Gasteiger partial charge < -0.3 is 0 Å². The van der Waals surface area contributed by atoms with E-state index in [0.717, 1.165) is 64.6 Å². The van der Waals surface area contributed by atoms with Crippen molar-refractivity contribution in [3.05, 3.63) is 146 Å². The Morgan fingerprint density at radius 1 is 0.438 bits per heavy atom. The van der Waals surface area contributed by atoms with Crippen molar-refractivity contribution in [3.8, 4) is 40.1 Å². The third-order valence-corrected chi connectivity index (χ3v) is 10.1. The van der Waals surface area contributed by atoms with Crippen LogP contribution in [0.5, 0.6) is 0 Å². The molecule has 0 amide bonds. The molecule has 0 aliphatic heterocycles. The van der Waals surface area contributed by atoms with Gasteiger partial charge in [0.15, 0.2) is 17.5 Å². The van der Waals surface area contributed by atoms with Gasteiger partial charge in [-0.05, 0) is 6.07 Å². The molecule has 10 aromatic rings. The molecule has 0 fully saturated rings. The van der Waals surface area contributed by atoms with Gasteiger partial charge in [0.05, 0.1) is 25.9 Å². The molecule has 48 heavy (non-hydrogen) atoms. The molecule has 0 spiro atoms. The average Bonchev–Trinajstić information content (AvgIpc) is 3.72. The number of benzene rings is 6. The Morgan fingerprint density at radius 3 is 1.69 bits per heavy atom. The van der Waals surface area contributed by atoms with Crippen LogP contribution in [0.3, 0.4) is 0 Å². The van der Waals surface area contributed by atoms with E-state index < -0.39 is 0 Å². The molecule has 4 heterocycles. The molecule has 0 atom stereocenters. The Kier molecular flexibility index (Phi) is 5.94. The van der Waals surface area contributed by atoms with Gasteiger partial charge in [-0.25, -0.2) is 15.0 Å². The first-order valence-electron chi connectivity index (χ1n) is 15.8. The van der Waals surface area contributed by atoms with Gasteiger partial charge in [0, 0.05) is 49.8 Å². The summed E-state index contributed by atoms with van der Waals surface area (Å²) < 4.78 is 4.51. The van der Waals surface area contributed by atoms with E-state index in [-0.39, 0.29) is 0 Å². The van der Waals surface area contributed by atoms with Crippen molar-refractivity contribution in [1.82, 2.24) is 29.5 Å². The lowest BCUT2D eigenvalue weighted by Crippen LogP contribution is -2.06. The maximum atomic E-state index is 5.15.